The second kappa shape index (κ2) is 5.33. The van der Waals surface area contributed by atoms with E-state index in [2.05, 4.69) is 4.98 Å². The van der Waals surface area contributed by atoms with Crippen molar-refractivity contribution in [2.45, 2.75) is 0 Å². The van der Waals surface area contributed by atoms with Crippen molar-refractivity contribution in [1.29, 1.82) is 0 Å². The first kappa shape index (κ1) is 14.1. The molecular weight excluding hydrogens is 315 g/mol. The summed E-state index contributed by atoms with van der Waals surface area (Å²) in [6.45, 7) is 0. The Morgan fingerprint density at radius 3 is 2.32 bits per heavy atom. The monoisotopic (exact) mass is 319 g/mol. The van der Waals surface area contributed by atoms with E-state index in [0.717, 1.165) is 6.07 Å². The zero-order valence-corrected chi connectivity index (χ0v) is 11.4. The van der Waals surface area contributed by atoms with Gasteiger partial charge in [-0.1, -0.05) is 34.8 Å². The van der Waals surface area contributed by atoms with Crippen LogP contribution in [0.4, 0.5) is 4.39 Å². The van der Waals surface area contributed by atoms with E-state index in [4.69, 9.17) is 39.9 Å². The molecule has 7 heteroatoms. The van der Waals surface area contributed by atoms with E-state index >= 15 is 0 Å². The summed E-state index contributed by atoms with van der Waals surface area (Å²) < 4.78 is 13.5. The van der Waals surface area contributed by atoms with Crippen LogP contribution in [0.2, 0.25) is 15.1 Å². The number of carboxylic acid groups (broad SMARTS) is 1. The number of pyridine rings is 1. The summed E-state index contributed by atoms with van der Waals surface area (Å²) in [4.78, 5) is 14.3. The van der Waals surface area contributed by atoms with E-state index in [1.807, 2.05) is 0 Å². The molecule has 19 heavy (non-hydrogen) atoms. The Morgan fingerprint density at radius 2 is 1.74 bits per heavy atom. The molecule has 0 bridgehead atoms. The lowest BCUT2D eigenvalue weighted by molar-refractivity contribution is 0.0691. The lowest BCUT2D eigenvalue weighted by Gasteiger charge is -2.07. The Hall–Kier alpha value is -1.36. The van der Waals surface area contributed by atoms with Crippen LogP contribution < -0.4 is 0 Å². The van der Waals surface area contributed by atoms with Crippen LogP contribution in [-0.2, 0) is 0 Å². The zero-order chi connectivity index (χ0) is 14.2. The fourth-order valence-corrected chi connectivity index (χ4v) is 2.11. The highest BCUT2D eigenvalue weighted by molar-refractivity contribution is 6.44. The zero-order valence-electron chi connectivity index (χ0n) is 9.12. The maximum absolute atomic E-state index is 13.5. The number of hydrogen-bond acceptors (Lipinski definition) is 2. The van der Waals surface area contributed by atoms with E-state index in [1.54, 1.807) is 0 Å². The molecule has 3 nitrogen and oxygen atoms in total. The number of aromatic carboxylic acids is 1. The van der Waals surface area contributed by atoms with Gasteiger partial charge in [-0.2, -0.15) is 4.39 Å². The third-order valence-electron chi connectivity index (χ3n) is 2.37. The number of hydrogen-bond donors (Lipinski definition) is 1. The van der Waals surface area contributed by atoms with Crippen molar-refractivity contribution in [3.05, 3.63) is 50.8 Å². The van der Waals surface area contributed by atoms with Gasteiger partial charge in [0.2, 0.25) is 5.95 Å². The molecule has 0 amide bonds. The molecule has 2 aromatic rings. The first-order valence-corrected chi connectivity index (χ1v) is 6.08. The molecule has 1 heterocycles. The van der Waals surface area contributed by atoms with Crippen LogP contribution in [0.25, 0.3) is 11.3 Å². The number of halogens is 4. The molecule has 2 rings (SSSR count). The number of carbonyl (C=O) groups is 1. The van der Waals surface area contributed by atoms with Gasteiger partial charge in [-0.15, -0.1) is 0 Å². The minimum atomic E-state index is -1.39. The van der Waals surface area contributed by atoms with E-state index in [9.17, 15) is 9.18 Å². The van der Waals surface area contributed by atoms with Gasteiger partial charge in [0.05, 0.1) is 20.8 Å². The van der Waals surface area contributed by atoms with Gasteiger partial charge in [-0.05, 0) is 24.3 Å². The summed E-state index contributed by atoms with van der Waals surface area (Å²) >= 11 is 17.6. The maximum Gasteiger partial charge on any atom is 0.340 e. The van der Waals surface area contributed by atoms with E-state index < -0.39 is 17.5 Å². The summed E-state index contributed by atoms with van der Waals surface area (Å²) in [7, 11) is 0. The normalized spacial score (nSPS) is 10.5. The van der Waals surface area contributed by atoms with Gasteiger partial charge in [-0.25, -0.2) is 9.78 Å². The predicted molar refractivity (Wildman–Crippen MR) is 71.6 cm³/mol. The second-order valence-electron chi connectivity index (χ2n) is 3.59. The maximum atomic E-state index is 13.5. The highest BCUT2D eigenvalue weighted by Gasteiger charge is 2.15. The summed E-state index contributed by atoms with van der Waals surface area (Å²) in [6.07, 6.45) is 0. The molecular formula is C12H5Cl3FNO2. The van der Waals surface area contributed by atoms with Gasteiger partial charge in [0, 0.05) is 5.56 Å². The Bertz CT molecular complexity index is 676. The topological polar surface area (TPSA) is 50.2 Å². The highest BCUT2D eigenvalue weighted by Crippen LogP contribution is 2.34. The van der Waals surface area contributed by atoms with Crippen molar-refractivity contribution in [2.75, 3.05) is 0 Å². The van der Waals surface area contributed by atoms with E-state index in [1.165, 1.54) is 18.2 Å². The fraction of sp³-hybridized carbons (Fsp3) is 0. The molecule has 0 unspecified atom stereocenters. The number of nitrogens with zero attached hydrogens (tertiary/aromatic N) is 1. The largest absolute Gasteiger partial charge is 0.478 e. The average Bonchev–Trinajstić information content (AvgIpc) is 2.33. The van der Waals surface area contributed by atoms with E-state index in [-0.39, 0.29) is 20.8 Å². The van der Waals surface area contributed by atoms with Crippen LogP contribution in [0, 0.1) is 5.95 Å². The van der Waals surface area contributed by atoms with Crippen LogP contribution in [-0.4, -0.2) is 16.1 Å². The van der Waals surface area contributed by atoms with E-state index in [0.29, 0.717) is 5.56 Å². The lowest BCUT2D eigenvalue weighted by atomic mass is 10.1. The first-order valence-electron chi connectivity index (χ1n) is 4.95. The van der Waals surface area contributed by atoms with Crippen molar-refractivity contribution in [1.82, 2.24) is 4.98 Å². The molecule has 98 valence electrons. The van der Waals surface area contributed by atoms with Crippen LogP contribution in [0.3, 0.4) is 0 Å². The standard InChI is InChI=1S/C12H5Cl3FNO2/c13-7-4-9(15)8(14)3-6(7)10-2-1-5(12(18)19)11(16)17-10/h1-4H,(H,18,19). The molecule has 0 aliphatic carbocycles. The van der Waals surface area contributed by atoms with Crippen molar-refractivity contribution in [3.63, 3.8) is 0 Å². The molecule has 1 aromatic carbocycles. The summed E-state index contributed by atoms with van der Waals surface area (Å²) in [6, 6.07) is 5.30. The van der Waals surface area contributed by atoms with Crippen LogP contribution in [0.1, 0.15) is 10.4 Å². The summed E-state index contributed by atoms with van der Waals surface area (Å²) in [5.41, 5.74) is 0.0258. The van der Waals surface area contributed by atoms with Gasteiger partial charge in [0.15, 0.2) is 0 Å². The number of rotatable bonds is 2. The third kappa shape index (κ3) is 2.81. The quantitative estimate of drug-likeness (QED) is 0.652. The Balaban J connectivity index is 2.57. The molecule has 0 atom stereocenters. The molecule has 0 saturated carbocycles. The Kier molecular flexibility index (Phi) is 3.94. The predicted octanol–water partition coefficient (Wildman–Crippen LogP) is 4.55. The molecule has 0 radical (unpaired) electrons. The van der Waals surface area contributed by atoms with Crippen molar-refractivity contribution < 1.29 is 14.3 Å². The van der Waals surface area contributed by atoms with Gasteiger partial charge in [-0.3, -0.25) is 0 Å². The smallest absolute Gasteiger partial charge is 0.340 e. The minimum absolute atomic E-state index is 0.172. The Labute approximate surface area is 122 Å². The summed E-state index contributed by atoms with van der Waals surface area (Å²) in [5, 5.41) is 9.46. The highest BCUT2D eigenvalue weighted by atomic mass is 35.5. The average molecular weight is 321 g/mol. The van der Waals surface area contributed by atoms with Crippen LogP contribution in [0.15, 0.2) is 24.3 Å². The first-order chi connectivity index (χ1) is 8.90. The molecule has 0 fully saturated rings. The molecule has 0 saturated heterocycles. The molecule has 1 N–H and O–H groups in total. The molecule has 0 aliphatic heterocycles. The minimum Gasteiger partial charge on any atom is -0.478 e. The fourth-order valence-electron chi connectivity index (χ4n) is 1.46. The van der Waals surface area contributed by atoms with Gasteiger partial charge in [0.25, 0.3) is 0 Å². The van der Waals surface area contributed by atoms with Gasteiger partial charge < -0.3 is 5.11 Å². The molecule has 0 aliphatic rings. The van der Waals surface area contributed by atoms with Crippen molar-refractivity contribution >= 4 is 40.8 Å². The second-order valence-corrected chi connectivity index (χ2v) is 4.81. The van der Waals surface area contributed by atoms with Crippen molar-refractivity contribution in [3.8, 4) is 11.3 Å². The molecule has 1 aromatic heterocycles. The number of aromatic nitrogens is 1. The third-order valence-corrected chi connectivity index (χ3v) is 3.40. The number of benzene rings is 1. The van der Waals surface area contributed by atoms with Crippen LogP contribution in [0.5, 0.6) is 0 Å². The number of carboxylic acids is 1. The van der Waals surface area contributed by atoms with Gasteiger partial charge >= 0.3 is 5.97 Å². The van der Waals surface area contributed by atoms with Crippen molar-refractivity contribution in [2.24, 2.45) is 0 Å². The van der Waals surface area contributed by atoms with Crippen LogP contribution >= 0.6 is 34.8 Å². The SMILES string of the molecule is O=C(O)c1ccc(-c2cc(Cl)c(Cl)cc2Cl)nc1F. The molecule has 0 spiro atoms. The van der Waals surface area contributed by atoms with Gasteiger partial charge in [0.1, 0.15) is 5.56 Å². The summed E-state index contributed by atoms with van der Waals surface area (Å²) in [5.74, 6) is -2.48. The Morgan fingerprint density at radius 1 is 1.11 bits per heavy atom. The lowest BCUT2D eigenvalue weighted by Crippen LogP contribution is -2.03.